The van der Waals surface area contributed by atoms with Crippen molar-refractivity contribution in [2.45, 2.75) is 70.8 Å². The van der Waals surface area contributed by atoms with Crippen molar-refractivity contribution in [1.82, 2.24) is 5.32 Å². The van der Waals surface area contributed by atoms with Gasteiger partial charge in [-0.15, -0.1) is 0 Å². The summed E-state index contributed by atoms with van der Waals surface area (Å²) < 4.78 is 0. The van der Waals surface area contributed by atoms with Crippen molar-refractivity contribution in [3.8, 4) is 5.75 Å². The molecular formula is C19H27NO4. The van der Waals surface area contributed by atoms with Crippen LogP contribution in [0.15, 0.2) is 12.1 Å². The summed E-state index contributed by atoms with van der Waals surface area (Å²) >= 11 is 0. The number of phenolic OH excluding ortho intramolecular Hbond substituents is 1. The number of phenols is 1. The van der Waals surface area contributed by atoms with Crippen molar-refractivity contribution in [2.75, 3.05) is 0 Å². The molecule has 1 aliphatic rings. The van der Waals surface area contributed by atoms with Crippen molar-refractivity contribution in [3.63, 3.8) is 0 Å². The fourth-order valence-electron chi connectivity index (χ4n) is 2.72. The molecule has 3 N–H and O–H groups in total. The molecule has 1 aromatic rings. The van der Waals surface area contributed by atoms with Crippen molar-refractivity contribution in [3.05, 3.63) is 28.8 Å². The van der Waals surface area contributed by atoms with E-state index >= 15 is 0 Å². The van der Waals surface area contributed by atoms with Crippen LogP contribution in [0.3, 0.4) is 0 Å². The van der Waals surface area contributed by atoms with Gasteiger partial charge in [0.05, 0.1) is 0 Å². The number of aromatic hydroxyl groups is 1. The number of benzene rings is 1. The number of carboxylic acids is 1. The summed E-state index contributed by atoms with van der Waals surface area (Å²) in [7, 11) is 0. The largest absolute Gasteiger partial charge is 0.507 e. The standard InChI is InChI=1S/C19H27NO4/c1-17(2,3)12-9-11(10-13(14(12)21)18(4,5)6)15(22)20-19(7-8-19)16(23)24/h9-10,21H,7-8H2,1-6H3,(H,20,22)(H,23,24). The molecule has 0 atom stereocenters. The Morgan fingerprint density at radius 2 is 1.42 bits per heavy atom. The Morgan fingerprint density at radius 3 is 1.71 bits per heavy atom. The average molecular weight is 333 g/mol. The highest BCUT2D eigenvalue weighted by molar-refractivity contribution is 5.99. The maximum absolute atomic E-state index is 12.6. The SMILES string of the molecule is CC(C)(C)c1cc(C(=O)NC2(C(=O)O)CC2)cc(C(C)(C)C)c1O. The number of rotatable bonds is 3. The maximum Gasteiger partial charge on any atom is 0.329 e. The molecule has 2 rings (SSSR count). The lowest BCUT2D eigenvalue weighted by Crippen LogP contribution is -2.43. The Bertz CT molecular complexity index is 653. The minimum atomic E-state index is -1.13. The smallest absolute Gasteiger partial charge is 0.329 e. The van der Waals surface area contributed by atoms with Gasteiger partial charge in [0.25, 0.3) is 5.91 Å². The maximum atomic E-state index is 12.6. The second-order valence-corrected chi connectivity index (χ2v) is 8.76. The number of carboxylic acid groups (broad SMARTS) is 1. The highest BCUT2D eigenvalue weighted by atomic mass is 16.4. The van der Waals surface area contributed by atoms with E-state index in [1.165, 1.54) is 0 Å². The third-order valence-electron chi connectivity index (χ3n) is 4.50. The lowest BCUT2D eigenvalue weighted by Gasteiger charge is -2.28. The monoisotopic (exact) mass is 333 g/mol. The summed E-state index contributed by atoms with van der Waals surface area (Å²) in [6, 6.07) is 3.33. The fourth-order valence-corrected chi connectivity index (χ4v) is 2.72. The molecule has 1 aromatic carbocycles. The highest BCUT2D eigenvalue weighted by Gasteiger charge is 2.51. The number of hydrogen-bond donors (Lipinski definition) is 3. The van der Waals surface area contributed by atoms with E-state index in [9.17, 15) is 19.8 Å². The highest BCUT2D eigenvalue weighted by Crippen LogP contribution is 2.40. The molecule has 1 aliphatic carbocycles. The van der Waals surface area contributed by atoms with Crippen LogP contribution in [0, 0.1) is 0 Å². The third-order valence-corrected chi connectivity index (χ3v) is 4.50. The molecule has 0 heterocycles. The number of carbonyl (C=O) groups is 2. The van der Waals surface area contributed by atoms with E-state index in [0.717, 1.165) is 0 Å². The molecule has 132 valence electrons. The first-order valence-corrected chi connectivity index (χ1v) is 8.22. The number of carbonyl (C=O) groups excluding carboxylic acids is 1. The number of hydrogen-bond acceptors (Lipinski definition) is 3. The van der Waals surface area contributed by atoms with Gasteiger partial charge in [-0.1, -0.05) is 41.5 Å². The van der Waals surface area contributed by atoms with E-state index in [-0.39, 0.29) is 16.6 Å². The minimum absolute atomic E-state index is 0.200. The quantitative estimate of drug-likeness (QED) is 0.792. The predicted octanol–water partition coefficient (Wildman–Crippen LogP) is 3.33. The van der Waals surface area contributed by atoms with Crippen molar-refractivity contribution in [1.29, 1.82) is 0 Å². The topological polar surface area (TPSA) is 86.6 Å². The van der Waals surface area contributed by atoms with Gasteiger partial charge in [-0.2, -0.15) is 0 Å². The van der Waals surface area contributed by atoms with Crippen LogP contribution in [0.5, 0.6) is 5.75 Å². The molecule has 1 saturated carbocycles. The van der Waals surface area contributed by atoms with Crippen LogP contribution in [0.4, 0.5) is 0 Å². The molecule has 5 nitrogen and oxygen atoms in total. The predicted molar refractivity (Wildman–Crippen MR) is 92.6 cm³/mol. The van der Waals surface area contributed by atoms with E-state index in [0.29, 0.717) is 29.5 Å². The Kier molecular flexibility index (Phi) is 4.20. The molecule has 0 spiro atoms. The molecule has 24 heavy (non-hydrogen) atoms. The van der Waals surface area contributed by atoms with Gasteiger partial charge in [-0.25, -0.2) is 4.79 Å². The Morgan fingerprint density at radius 1 is 1.00 bits per heavy atom. The van der Waals surface area contributed by atoms with Gasteiger partial charge in [0.2, 0.25) is 0 Å². The van der Waals surface area contributed by atoms with Gasteiger partial charge in [-0.3, -0.25) is 4.79 Å². The van der Waals surface area contributed by atoms with Crippen LogP contribution in [-0.4, -0.2) is 27.6 Å². The van der Waals surface area contributed by atoms with Crippen LogP contribution in [0.1, 0.15) is 75.9 Å². The summed E-state index contributed by atoms with van der Waals surface area (Å²) in [5.74, 6) is -1.21. The summed E-state index contributed by atoms with van der Waals surface area (Å²) in [4.78, 5) is 23.9. The molecule has 0 aliphatic heterocycles. The van der Waals surface area contributed by atoms with Gasteiger partial charge in [-0.05, 0) is 35.8 Å². The van der Waals surface area contributed by atoms with Crippen LogP contribution in [0.2, 0.25) is 0 Å². The summed E-state index contributed by atoms with van der Waals surface area (Å²) in [5, 5.41) is 22.6. The van der Waals surface area contributed by atoms with E-state index in [1.807, 2.05) is 41.5 Å². The Balaban J connectivity index is 2.51. The lowest BCUT2D eigenvalue weighted by atomic mass is 9.78. The molecular weight excluding hydrogens is 306 g/mol. The summed E-state index contributed by atoms with van der Waals surface area (Å²) in [6.45, 7) is 11.8. The molecule has 5 heteroatoms. The fraction of sp³-hybridized carbons (Fsp3) is 0.579. The molecule has 0 radical (unpaired) electrons. The number of nitrogens with one attached hydrogen (secondary N) is 1. The second-order valence-electron chi connectivity index (χ2n) is 8.76. The summed E-state index contributed by atoms with van der Waals surface area (Å²) in [6.07, 6.45) is 0.898. The molecule has 0 unspecified atom stereocenters. The van der Waals surface area contributed by atoms with E-state index < -0.39 is 17.4 Å². The van der Waals surface area contributed by atoms with E-state index in [4.69, 9.17) is 0 Å². The van der Waals surface area contributed by atoms with Crippen LogP contribution in [-0.2, 0) is 15.6 Å². The minimum Gasteiger partial charge on any atom is -0.507 e. The van der Waals surface area contributed by atoms with Crippen molar-refractivity contribution >= 4 is 11.9 Å². The first-order chi connectivity index (χ1) is 10.8. The molecule has 0 bridgehead atoms. The average Bonchev–Trinajstić information content (AvgIpc) is 3.17. The third kappa shape index (κ3) is 3.40. The number of amides is 1. The van der Waals surface area contributed by atoms with E-state index in [2.05, 4.69) is 5.32 Å². The van der Waals surface area contributed by atoms with Crippen LogP contribution >= 0.6 is 0 Å². The number of aliphatic carboxylic acids is 1. The Labute approximate surface area is 143 Å². The first kappa shape index (κ1) is 18.3. The van der Waals surface area contributed by atoms with E-state index in [1.54, 1.807) is 12.1 Å². The van der Waals surface area contributed by atoms with Crippen molar-refractivity contribution < 1.29 is 19.8 Å². The molecule has 1 amide bonds. The van der Waals surface area contributed by atoms with Gasteiger partial charge >= 0.3 is 5.97 Å². The lowest BCUT2D eigenvalue weighted by molar-refractivity contribution is -0.140. The molecule has 0 aromatic heterocycles. The van der Waals surface area contributed by atoms with Crippen LogP contribution < -0.4 is 5.32 Å². The Hall–Kier alpha value is -2.04. The zero-order valence-electron chi connectivity index (χ0n) is 15.3. The zero-order chi connectivity index (χ0) is 18.5. The second kappa shape index (κ2) is 5.50. The normalized spacial score (nSPS) is 16.6. The first-order valence-electron chi connectivity index (χ1n) is 8.22. The van der Waals surface area contributed by atoms with Gasteiger partial charge in [0.15, 0.2) is 0 Å². The zero-order valence-corrected chi connectivity index (χ0v) is 15.3. The summed E-state index contributed by atoms with van der Waals surface area (Å²) in [5.41, 5.74) is -0.0659. The van der Waals surface area contributed by atoms with Gasteiger partial charge in [0.1, 0.15) is 11.3 Å². The van der Waals surface area contributed by atoms with Gasteiger partial charge < -0.3 is 15.5 Å². The molecule has 1 fully saturated rings. The molecule has 0 saturated heterocycles. The van der Waals surface area contributed by atoms with Crippen LogP contribution in [0.25, 0.3) is 0 Å². The van der Waals surface area contributed by atoms with Gasteiger partial charge in [0, 0.05) is 16.7 Å². The van der Waals surface area contributed by atoms with Crippen molar-refractivity contribution in [2.24, 2.45) is 0 Å².